The molecule has 0 spiro atoms. The summed E-state index contributed by atoms with van der Waals surface area (Å²) >= 11 is 0. The number of benzene rings is 1. The number of rotatable bonds is 4. The first-order valence-electron chi connectivity index (χ1n) is 5.87. The molecular formula is C15H17NO. The van der Waals surface area contributed by atoms with Gasteiger partial charge in [-0.2, -0.15) is 0 Å². The molecule has 2 rings (SSSR count). The topological polar surface area (TPSA) is 22.0 Å². The summed E-state index contributed by atoms with van der Waals surface area (Å²) in [5.74, 6) is 0.209. The van der Waals surface area contributed by atoms with Crippen molar-refractivity contribution >= 4 is 5.78 Å². The Hall–Kier alpha value is -1.83. The third kappa shape index (κ3) is 2.64. The van der Waals surface area contributed by atoms with Gasteiger partial charge in [0.15, 0.2) is 5.78 Å². The Labute approximate surface area is 102 Å². The molecule has 0 unspecified atom stereocenters. The predicted octanol–water partition coefficient (Wildman–Crippen LogP) is 3.15. The second kappa shape index (κ2) is 5.00. The van der Waals surface area contributed by atoms with Crippen molar-refractivity contribution in [1.82, 2.24) is 4.57 Å². The second-order valence-electron chi connectivity index (χ2n) is 4.35. The first-order chi connectivity index (χ1) is 8.18. The lowest BCUT2D eigenvalue weighted by molar-refractivity contribution is 0.0975. The molecule has 2 nitrogen and oxygen atoms in total. The highest BCUT2D eigenvalue weighted by Crippen LogP contribution is 2.12. The molecule has 1 heterocycles. The largest absolute Gasteiger partial charge is 0.348 e. The van der Waals surface area contributed by atoms with Gasteiger partial charge in [0.25, 0.3) is 0 Å². The highest BCUT2D eigenvalue weighted by molar-refractivity contribution is 5.94. The highest BCUT2D eigenvalue weighted by Gasteiger charge is 2.09. The van der Waals surface area contributed by atoms with Gasteiger partial charge in [0.2, 0.25) is 0 Å². The summed E-state index contributed by atoms with van der Waals surface area (Å²) in [6.07, 6.45) is 3.29. The smallest absolute Gasteiger partial charge is 0.179 e. The maximum Gasteiger partial charge on any atom is 0.179 e. The van der Waals surface area contributed by atoms with Gasteiger partial charge < -0.3 is 4.57 Å². The molecule has 0 aliphatic carbocycles. The number of Topliss-reactive ketones (excluding diaryl/α,β-unsaturated/α-hetero) is 1. The Balaban J connectivity index is 2.02. The number of hydrogen-bond acceptors (Lipinski definition) is 1. The van der Waals surface area contributed by atoms with Gasteiger partial charge in [0.1, 0.15) is 0 Å². The van der Waals surface area contributed by atoms with Crippen LogP contribution >= 0.6 is 0 Å². The summed E-state index contributed by atoms with van der Waals surface area (Å²) in [5.41, 5.74) is 3.31. The fourth-order valence-electron chi connectivity index (χ4n) is 2.02. The number of aromatic nitrogens is 1. The van der Waals surface area contributed by atoms with Gasteiger partial charge in [-0.05, 0) is 36.6 Å². The first-order valence-corrected chi connectivity index (χ1v) is 5.87. The van der Waals surface area contributed by atoms with Crippen LogP contribution in [-0.2, 0) is 13.5 Å². The van der Waals surface area contributed by atoms with Crippen molar-refractivity contribution < 1.29 is 4.79 Å². The molecule has 0 amide bonds. The van der Waals surface area contributed by atoms with Crippen molar-refractivity contribution in [2.75, 3.05) is 0 Å². The molecule has 0 radical (unpaired) electrons. The highest BCUT2D eigenvalue weighted by atomic mass is 16.1. The van der Waals surface area contributed by atoms with Gasteiger partial charge in [0.05, 0.1) is 5.69 Å². The van der Waals surface area contributed by atoms with Crippen molar-refractivity contribution in [2.45, 2.75) is 19.8 Å². The summed E-state index contributed by atoms with van der Waals surface area (Å²) < 4.78 is 1.88. The normalized spacial score (nSPS) is 10.5. The lowest BCUT2D eigenvalue weighted by Crippen LogP contribution is -2.06. The zero-order valence-electron chi connectivity index (χ0n) is 10.3. The molecule has 0 N–H and O–H groups in total. The molecule has 0 fully saturated rings. The molecule has 1 aromatic heterocycles. The van der Waals surface area contributed by atoms with Crippen molar-refractivity contribution in [3.8, 4) is 0 Å². The van der Waals surface area contributed by atoms with E-state index in [-0.39, 0.29) is 5.78 Å². The van der Waals surface area contributed by atoms with Gasteiger partial charge in [-0.1, -0.05) is 24.3 Å². The Bertz CT molecular complexity index is 525. The van der Waals surface area contributed by atoms with Crippen molar-refractivity contribution in [2.24, 2.45) is 7.05 Å². The number of carbonyl (C=O) groups is 1. The fraction of sp³-hybridized carbons (Fsp3) is 0.267. The molecule has 88 valence electrons. The third-order valence-electron chi connectivity index (χ3n) is 3.11. The minimum Gasteiger partial charge on any atom is -0.348 e. The van der Waals surface area contributed by atoms with Crippen molar-refractivity contribution in [3.63, 3.8) is 0 Å². The third-order valence-corrected chi connectivity index (χ3v) is 3.11. The van der Waals surface area contributed by atoms with Crippen LogP contribution in [0, 0.1) is 6.92 Å². The monoisotopic (exact) mass is 227 g/mol. The maximum absolute atomic E-state index is 12.0. The van der Waals surface area contributed by atoms with E-state index in [4.69, 9.17) is 0 Å². The standard InChI is InChI=1S/C15H17NO/c1-12-6-3-4-7-13(12)9-10-15(17)14-8-5-11-16(14)2/h3-8,11H,9-10H2,1-2H3. The van der Waals surface area contributed by atoms with Crippen LogP contribution in [0.15, 0.2) is 42.6 Å². The van der Waals surface area contributed by atoms with E-state index in [1.165, 1.54) is 11.1 Å². The van der Waals surface area contributed by atoms with E-state index in [9.17, 15) is 4.79 Å². The summed E-state index contributed by atoms with van der Waals surface area (Å²) in [7, 11) is 1.90. The van der Waals surface area contributed by atoms with E-state index < -0.39 is 0 Å². The molecule has 0 saturated carbocycles. The average Bonchev–Trinajstić information content (AvgIpc) is 2.74. The molecular weight excluding hydrogens is 210 g/mol. The Morgan fingerprint density at radius 1 is 1.18 bits per heavy atom. The summed E-state index contributed by atoms with van der Waals surface area (Å²) in [6, 6.07) is 12.0. The van der Waals surface area contributed by atoms with Crippen LogP contribution in [0.5, 0.6) is 0 Å². The molecule has 0 saturated heterocycles. The van der Waals surface area contributed by atoms with Gasteiger partial charge in [-0.3, -0.25) is 4.79 Å². The molecule has 0 bridgehead atoms. The maximum atomic E-state index is 12.0. The van der Waals surface area contributed by atoms with Gasteiger partial charge >= 0.3 is 0 Å². The van der Waals surface area contributed by atoms with Crippen LogP contribution in [0.2, 0.25) is 0 Å². The Kier molecular flexibility index (Phi) is 3.43. The first kappa shape index (κ1) is 11.6. The molecule has 0 atom stereocenters. The molecule has 17 heavy (non-hydrogen) atoms. The SMILES string of the molecule is Cc1ccccc1CCC(=O)c1cccn1C. The molecule has 0 aliphatic heterocycles. The minimum atomic E-state index is 0.209. The van der Waals surface area contributed by atoms with Crippen LogP contribution < -0.4 is 0 Å². The van der Waals surface area contributed by atoms with E-state index in [1.54, 1.807) is 0 Å². The van der Waals surface area contributed by atoms with Crippen molar-refractivity contribution in [3.05, 3.63) is 59.4 Å². The Morgan fingerprint density at radius 3 is 2.59 bits per heavy atom. The van der Waals surface area contributed by atoms with Crippen LogP contribution in [0.1, 0.15) is 28.0 Å². The van der Waals surface area contributed by atoms with Gasteiger partial charge in [-0.15, -0.1) is 0 Å². The Morgan fingerprint density at radius 2 is 1.94 bits per heavy atom. The van der Waals surface area contributed by atoms with E-state index in [0.29, 0.717) is 6.42 Å². The fourth-order valence-corrected chi connectivity index (χ4v) is 2.02. The summed E-state index contributed by atoms with van der Waals surface area (Å²) in [6.45, 7) is 2.09. The van der Waals surface area contributed by atoms with Gasteiger partial charge in [-0.25, -0.2) is 0 Å². The lowest BCUT2D eigenvalue weighted by atomic mass is 10.0. The van der Waals surface area contributed by atoms with E-state index in [1.807, 2.05) is 42.1 Å². The summed E-state index contributed by atoms with van der Waals surface area (Å²) in [5, 5.41) is 0. The van der Waals surface area contributed by atoms with Gasteiger partial charge in [0, 0.05) is 19.7 Å². The van der Waals surface area contributed by atoms with E-state index >= 15 is 0 Å². The van der Waals surface area contributed by atoms with Crippen LogP contribution in [0.3, 0.4) is 0 Å². The molecule has 2 aromatic rings. The summed E-state index contributed by atoms with van der Waals surface area (Å²) in [4.78, 5) is 12.0. The van der Waals surface area contributed by atoms with E-state index in [0.717, 1.165) is 12.1 Å². The number of hydrogen-bond donors (Lipinski definition) is 0. The quantitative estimate of drug-likeness (QED) is 0.735. The van der Waals surface area contributed by atoms with Crippen LogP contribution in [0.25, 0.3) is 0 Å². The minimum absolute atomic E-state index is 0.209. The molecule has 0 aliphatic rings. The molecule has 1 aromatic carbocycles. The molecule has 2 heteroatoms. The number of aryl methyl sites for hydroxylation is 3. The average molecular weight is 227 g/mol. The van der Waals surface area contributed by atoms with E-state index in [2.05, 4.69) is 19.1 Å². The van der Waals surface area contributed by atoms with Crippen molar-refractivity contribution in [1.29, 1.82) is 0 Å². The van der Waals surface area contributed by atoms with Crippen LogP contribution in [0.4, 0.5) is 0 Å². The number of ketones is 1. The predicted molar refractivity (Wildman–Crippen MR) is 69.2 cm³/mol. The zero-order valence-corrected chi connectivity index (χ0v) is 10.3. The lowest BCUT2D eigenvalue weighted by Gasteiger charge is -2.05. The van der Waals surface area contributed by atoms with Crippen LogP contribution in [-0.4, -0.2) is 10.4 Å². The number of carbonyl (C=O) groups excluding carboxylic acids is 1. The second-order valence-corrected chi connectivity index (χ2v) is 4.35. The number of nitrogens with zero attached hydrogens (tertiary/aromatic N) is 1. The zero-order chi connectivity index (χ0) is 12.3.